The Hall–Kier alpha value is -2.75. The quantitative estimate of drug-likeness (QED) is 0.506. The number of carbonyl (C=O) groups is 1. The molecule has 174 valence electrons. The van der Waals surface area contributed by atoms with Crippen molar-refractivity contribution in [2.45, 2.75) is 38.1 Å². The second kappa shape index (κ2) is 10.0. The molecule has 4 rings (SSSR count). The van der Waals surface area contributed by atoms with Crippen LogP contribution in [0.25, 0.3) is 0 Å². The second-order valence-electron chi connectivity index (χ2n) is 8.55. The van der Waals surface area contributed by atoms with E-state index in [4.69, 9.17) is 0 Å². The van der Waals surface area contributed by atoms with E-state index in [2.05, 4.69) is 26.8 Å². The molecule has 0 aliphatic carbocycles. The molecule has 9 heteroatoms. The molecule has 0 bridgehead atoms. The fourth-order valence-electron chi connectivity index (χ4n) is 3.68. The maximum atomic E-state index is 12.6. The topological polar surface area (TPSA) is 91.4 Å². The van der Waals surface area contributed by atoms with Gasteiger partial charge in [-0.05, 0) is 75.2 Å². The Morgan fingerprint density at radius 2 is 1.76 bits per heavy atom. The van der Waals surface area contributed by atoms with Crippen LogP contribution in [0.15, 0.2) is 58.8 Å². The van der Waals surface area contributed by atoms with Crippen molar-refractivity contribution in [1.29, 1.82) is 0 Å². The number of nitrogens with zero attached hydrogens (tertiary/aromatic N) is 2. The summed E-state index contributed by atoms with van der Waals surface area (Å²) in [6.07, 6.45) is 2.42. The molecule has 0 atom stereocenters. The molecule has 0 radical (unpaired) electrons. The summed E-state index contributed by atoms with van der Waals surface area (Å²) in [6.45, 7) is 7.17. The van der Waals surface area contributed by atoms with Crippen LogP contribution < -0.4 is 10.0 Å². The summed E-state index contributed by atoms with van der Waals surface area (Å²) in [5.41, 5.74) is 2.85. The summed E-state index contributed by atoms with van der Waals surface area (Å²) < 4.78 is 27.8. The van der Waals surface area contributed by atoms with Crippen molar-refractivity contribution < 1.29 is 13.2 Å². The van der Waals surface area contributed by atoms with Crippen LogP contribution in [0, 0.1) is 12.8 Å². The molecule has 1 aliphatic rings. The van der Waals surface area contributed by atoms with Crippen LogP contribution in [0.3, 0.4) is 0 Å². The number of likely N-dealkylation sites (tertiary alicyclic amines) is 1. The number of piperidine rings is 1. The zero-order valence-electron chi connectivity index (χ0n) is 18.7. The summed E-state index contributed by atoms with van der Waals surface area (Å²) in [5.74, 6) is 0.462. The van der Waals surface area contributed by atoms with Gasteiger partial charge in [0.2, 0.25) is 0 Å². The SMILES string of the molecule is Cc1ccc(NS(=O)(=O)c2ccc(C(=O)Nc3nc(CN4CCC(C)CC4)cs3)cc2)cc1. The van der Waals surface area contributed by atoms with E-state index in [-0.39, 0.29) is 10.8 Å². The number of thiazole rings is 1. The first kappa shape index (κ1) is 23.4. The van der Waals surface area contributed by atoms with Crippen LogP contribution in [-0.4, -0.2) is 37.3 Å². The maximum Gasteiger partial charge on any atom is 0.261 e. The Morgan fingerprint density at radius 1 is 1.09 bits per heavy atom. The molecule has 1 amide bonds. The zero-order chi connectivity index (χ0) is 23.4. The number of amides is 1. The van der Waals surface area contributed by atoms with E-state index in [0.717, 1.165) is 36.8 Å². The highest BCUT2D eigenvalue weighted by Crippen LogP contribution is 2.22. The molecule has 0 unspecified atom stereocenters. The highest BCUT2D eigenvalue weighted by Gasteiger charge is 2.18. The first-order chi connectivity index (χ1) is 15.8. The van der Waals surface area contributed by atoms with E-state index < -0.39 is 10.0 Å². The van der Waals surface area contributed by atoms with Gasteiger partial charge in [-0.1, -0.05) is 24.6 Å². The average molecular weight is 485 g/mol. The molecule has 1 aliphatic heterocycles. The number of nitrogens with one attached hydrogen (secondary N) is 2. The first-order valence-corrected chi connectivity index (χ1v) is 13.3. The van der Waals surface area contributed by atoms with Gasteiger partial charge in [0.05, 0.1) is 10.6 Å². The first-order valence-electron chi connectivity index (χ1n) is 11.0. The molecule has 2 aromatic carbocycles. The van der Waals surface area contributed by atoms with Crippen molar-refractivity contribution in [3.63, 3.8) is 0 Å². The monoisotopic (exact) mass is 484 g/mol. The van der Waals surface area contributed by atoms with E-state index in [1.165, 1.54) is 48.4 Å². The Morgan fingerprint density at radius 3 is 2.42 bits per heavy atom. The van der Waals surface area contributed by atoms with Crippen LogP contribution in [0.4, 0.5) is 10.8 Å². The van der Waals surface area contributed by atoms with Gasteiger partial charge in [-0.15, -0.1) is 11.3 Å². The molecule has 1 fully saturated rings. The average Bonchev–Trinajstić information content (AvgIpc) is 3.23. The van der Waals surface area contributed by atoms with Gasteiger partial charge in [0.25, 0.3) is 15.9 Å². The highest BCUT2D eigenvalue weighted by molar-refractivity contribution is 7.92. The van der Waals surface area contributed by atoms with Crippen LogP contribution in [-0.2, 0) is 16.6 Å². The van der Waals surface area contributed by atoms with Crippen molar-refractivity contribution in [1.82, 2.24) is 9.88 Å². The molecule has 33 heavy (non-hydrogen) atoms. The van der Waals surface area contributed by atoms with Gasteiger partial charge in [0.1, 0.15) is 0 Å². The second-order valence-corrected chi connectivity index (χ2v) is 11.1. The number of rotatable bonds is 7. The number of sulfonamides is 1. The Labute approximate surface area is 198 Å². The van der Waals surface area contributed by atoms with Gasteiger partial charge < -0.3 is 0 Å². The maximum absolute atomic E-state index is 12.6. The Bertz CT molecular complexity index is 1200. The molecule has 0 spiro atoms. The summed E-state index contributed by atoms with van der Waals surface area (Å²) in [5, 5.41) is 5.32. The predicted octanol–water partition coefficient (Wildman–Crippen LogP) is 4.74. The molecule has 0 saturated carbocycles. The van der Waals surface area contributed by atoms with E-state index >= 15 is 0 Å². The van der Waals surface area contributed by atoms with Gasteiger partial charge >= 0.3 is 0 Å². The molecule has 2 N–H and O–H groups in total. The molecule has 3 aromatic rings. The molecular weight excluding hydrogens is 456 g/mol. The van der Waals surface area contributed by atoms with Gasteiger partial charge in [-0.25, -0.2) is 13.4 Å². The predicted molar refractivity (Wildman–Crippen MR) is 132 cm³/mol. The number of anilines is 2. The standard InChI is InChI=1S/C24H28N4O3S2/c1-17-3-7-20(8-4-17)27-33(30,31)22-9-5-19(6-10-22)23(29)26-24-25-21(16-32-24)15-28-13-11-18(2)12-14-28/h3-10,16,18,27H,11-15H2,1-2H3,(H,25,26,29). The normalized spacial score (nSPS) is 15.3. The lowest BCUT2D eigenvalue weighted by Crippen LogP contribution is -2.32. The van der Waals surface area contributed by atoms with Crippen LogP contribution >= 0.6 is 11.3 Å². The minimum Gasteiger partial charge on any atom is -0.298 e. The van der Waals surface area contributed by atoms with E-state index in [1.54, 1.807) is 12.1 Å². The number of aromatic nitrogens is 1. The molecule has 1 saturated heterocycles. The van der Waals surface area contributed by atoms with Crippen LogP contribution in [0.5, 0.6) is 0 Å². The minimum atomic E-state index is -3.74. The summed E-state index contributed by atoms with van der Waals surface area (Å²) in [6, 6.07) is 13.0. The van der Waals surface area contributed by atoms with E-state index in [9.17, 15) is 13.2 Å². The molecule has 7 nitrogen and oxygen atoms in total. The van der Waals surface area contributed by atoms with Gasteiger partial charge in [0, 0.05) is 23.2 Å². The van der Waals surface area contributed by atoms with Crippen LogP contribution in [0.2, 0.25) is 0 Å². The van der Waals surface area contributed by atoms with Crippen molar-refractivity contribution >= 4 is 38.1 Å². The third-order valence-electron chi connectivity index (χ3n) is 5.76. The number of benzene rings is 2. The third kappa shape index (κ3) is 6.19. The Balaban J connectivity index is 1.35. The fraction of sp³-hybridized carbons (Fsp3) is 0.333. The fourth-order valence-corrected chi connectivity index (χ4v) is 5.43. The van der Waals surface area contributed by atoms with Gasteiger partial charge in [-0.2, -0.15) is 0 Å². The molecule has 1 aromatic heterocycles. The van der Waals surface area contributed by atoms with Crippen molar-refractivity contribution in [3.8, 4) is 0 Å². The van der Waals surface area contributed by atoms with Crippen LogP contribution in [0.1, 0.15) is 41.4 Å². The van der Waals surface area contributed by atoms with E-state index in [1.807, 2.05) is 24.4 Å². The smallest absolute Gasteiger partial charge is 0.261 e. The Kier molecular flexibility index (Phi) is 7.11. The highest BCUT2D eigenvalue weighted by atomic mass is 32.2. The minimum absolute atomic E-state index is 0.0898. The lowest BCUT2D eigenvalue weighted by Gasteiger charge is -2.29. The van der Waals surface area contributed by atoms with Gasteiger partial charge in [0.15, 0.2) is 5.13 Å². The van der Waals surface area contributed by atoms with Crippen molar-refractivity contribution in [3.05, 3.63) is 70.7 Å². The molecule has 2 heterocycles. The third-order valence-corrected chi connectivity index (χ3v) is 7.97. The lowest BCUT2D eigenvalue weighted by molar-refractivity contribution is 0.102. The largest absolute Gasteiger partial charge is 0.298 e. The summed E-state index contributed by atoms with van der Waals surface area (Å²) in [7, 11) is -3.74. The van der Waals surface area contributed by atoms with Crippen molar-refractivity contribution in [2.24, 2.45) is 5.92 Å². The summed E-state index contributed by atoms with van der Waals surface area (Å²) >= 11 is 1.40. The van der Waals surface area contributed by atoms with E-state index in [0.29, 0.717) is 16.4 Å². The number of carbonyl (C=O) groups excluding carboxylic acids is 1. The number of aryl methyl sites for hydroxylation is 1. The molecular formula is C24H28N4O3S2. The number of hydrogen-bond donors (Lipinski definition) is 2. The van der Waals surface area contributed by atoms with Gasteiger partial charge in [-0.3, -0.25) is 19.7 Å². The number of hydrogen-bond acceptors (Lipinski definition) is 6. The van der Waals surface area contributed by atoms with Crippen molar-refractivity contribution in [2.75, 3.05) is 23.1 Å². The summed E-state index contributed by atoms with van der Waals surface area (Å²) in [4.78, 5) is 19.6. The zero-order valence-corrected chi connectivity index (χ0v) is 20.4. The lowest BCUT2D eigenvalue weighted by atomic mass is 9.99.